The van der Waals surface area contributed by atoms with Gasteiger partial charge in [0.15, 0.2) is 0 Å². The predicted molar refractivity (Wildman–Crippen MR) is 64.0 cm³/mol. The number of aromatic nitrogens is 2. The van der Waals surface area contributed by atoms with Crippen molar-refractivity contribution in [2.24, 2.45) is 0 Å². The summed E-state index contributed by atoms with van der Waals surface area (Å²) in [7, 11) is 0. The van der Waals surface area contributed by atoms with Gasteiger partial charge in [-0.1, -0.05) is 0 Å². The molecule has 2 heterocycles. The lowest BCUT2D eigenvalue weighted by atomic mass is 10.1. The van der Waals surface area contributed by atoms with Gasteiger partial charge in [0.1, 0.15) is 0 Å². The van der Waals surface area contributed by atoms with Crippen molar-refractivity contribution >= 4 is 0 Å². The van der Waals surface area contributed by atoms with Gasteiger partial charge in [0, 0.05) is 6.54 Å². The summed E-state index contributed by atoms with van der Waals surface area (Å²) in [6.45, 7) is 1.60. The molecule has 1 aromatic heterocycles. The highest BCUT2D eigenvalue weighted by atomic mass is 19.4. The average Bonchev–Trinajstić information content (AvgIpc) is 2.82. The normalized spacial score (nSPS) is 15.3. The number of alkyl halides is 3. The molecule has 6 heteroatoms. The molecule has 0 bridgehead atoms. The maximum Gasteiger partial charge on any atom is 0.416 e. The maximum absolute atomic E-state index is 12.5. The van der Waals surface area contributed by atoms with Crippen LogP contribution < -0.4 is 5.32 Å². The summed E-state index contributed by atoms with van der Waals surface area (Å²) in [5.74, 6) is 0. The molecule has 0 unspecified atom stereocenters. The van der Waals surface area contributed by atoms with Crippen LogP contribution in [-0.4, -0.2) is 16.3 Å². The Hall–Kier alpha value is -1.82. The van der Waals surface area contributed by atoms with E-state index >= 15 is 0 Å². The van der Waals surface area contributed by atoms with Crippen molar-refractivity contribution in [3.05, 3.63) is 47.3 Å². The van der Waals surface area contributed by atoms with Crippen LogP contribution in [0.1, 0.15) is 16.8 Å². The number of hydrogen-bond donors (Lipinski definition) is 1. The first kappa shape index (κ1) is 12.2. The third kappa shape index (κ3) is 2.23. The van der Waals surface area contributed by atoms with Gasteiger partial charge in [0.25, 0.3) is 0 Å². The fourth-order valence-electron chi connectivity index (χ4n) is 2.25. The van der Waals surface area contributed by atoms with Gasteiger partial charge in [-0.2, -0.15) is 18.3 Å². The molecule has 3 nitrogen and oxygen atoms in total. The summed E-state index contributed by atoms with van der Waals surface area (Å²) in [5, 5.41) is 7.49. The number of halogens is 3. The molecule has 0 amide bonds. The minimum atomic E-state index is -4.30. The van der Waals surface area contributed by atoms with E-state index in [1.807, 2.05) is 0 Å². The van der Waals surface area contributed by atoms with Gasteiger partial charge >= 0.3 is 6.18 Å². The molecule has 19 heavy (non-hydrogen) atoms. The van der Waals surface area contributed by atoms with E-state index in [4.69, 9.17) is 0 Å². The fraction of sp³-hybridized carbons (Fsp3) is 0.308. The number of hydrogen-bond acceptors (Lipinski definition) is 2. The number of nitrogens with zero attached hydrogens (tertiary/aromatic N) is 2. The van der Waals surface area contributed by atoms with Gasteiger partial charge in [0.2, 0.25) is 0 Å². The largest absolute Gasteiger partial charge is 0.416 e. The standard InChI is InChI=1S/C13H12F3N3/c14-13(15,16)10-1-3-11(4-2-10)19-12-8-17-6-5-9(12)7-18-19/h1-4,7,17H,5-6,8H2. The van der Waals surface area contributed by atoms with Gasteiger partial charge in [0.05, 0.1) is 23.1 Å². The Morgan fingerprint density at radius 2 is 1.89 bits per heavy atom. The van der Waals surface area contributed by atoms with Crippen molar-refractivity contribution in [1.82, 2.24) is 15.1 Å². The highest BCUT2D eigenvalue weighted by Crippen LogP contribution is 2.30. The van der Waals surface area contributed by atoms with Gasteiger partial charge in [-0.3, -0.25) is 0 Å². The molecule has 1 aliphatic rings. The third-order valence-electron chi connectivity index (χ3n) is 3.26. The minimum absolute atomic E-state index is 0.643. The van der Waals surface area contributed by atoms with Crippen LogP contribution in [0.5, 0.6) is 0 Å². The lowest BCUT2D eigenvalue weighted by Gasteiger charge is -2.15. The average molecular weight is 267 g/mol. The maximum atomic E-state index is 12.5. The molecule has 1 aromatic carbocycles. The summed E-state index contributed by atoms with van der Waals surface area (Å²) < 4.78 is 39.2. The van der Waals surface area contributed by atoms with Crippen LogP contribution in [-0.2, 0) is 19.1 Å². The van der Waals surface area contributed by atoms with Gasteiger partial charge in [-0.25, -0.2) is 4.68 Å². The van der Waals surface area contributed by atoms with Crippen LogP contribution in [0.25, 0.3) is 5.69 Å². The van der Waals surface area contributed by atoms with Crippen molar-refractivity contribution in [1.29, 1.82) is 0 Å². The first-order valence-electron chi connectivity index (χ1n) is 6.00. The van der Waals surface area contributed by atoms with Crippen molar-refractivity contribution < 1.29 is 13.2 Å². The zero-order valence-electron chi connectivity index (χ0n) is 10.0. The number of benzene rings is 1. The summed E-state index contributed by atoms with van der Waals surface area (Å²) in [6.07, 6.45) is -1.62. The van der Waals surface area contributed by atoms with E-state index in [1.165, 1.54) is 12.1 Å². The quantitative estimate of drug-likeness (QED) is 0.860. The molecule has 100 valence electrons. The zero-order valence-corrected chi connectivity index (χ0v) is 10.0. The Bertz CT molecular complexity index is 584. The molecule has 0 saturated carbocycles. The number of fused-ring (bicyclic) bond motifs is 1. The lowest BCUT2D eigenvalue weighted by molar-refractivity contribution is -0.137. The second kappa shape index (κ2) is 4.38. The Balaban J connectivity index is 1.97. The van der Waals surface area contributed by atoms with Crippen LogP contribution in [0.2, 0.25) is 0 Å². The van der Waals surface area contributed by atoms with Crippen LogP contribution >= 0.6 is 0 Å². The second-order valence-electron chi connectivity index (χ2n) is 4.50. The van der Waals surface area contributed by atoms with Crippen molar-refractivity contribution in [3.8, 4) is 5.69 Å². The van der Waals surface area contributed by atoms with E-state index in [-0.39, 0.29) is 0 Å². The van der Waals surface area contributed by atoms with Crippen LogP contribution in [0.3, 0.4) is 0 Å². The van der Waals surface area contributed by atoms with E-state index in [1.54, 1.807) is 10.9 Å². The van der Waals surface area contributed by atoms with Crippen LogP contribution in [0.15, 0.2) is 30.5 Å². The van der Waals surface area contributed by atoms with E-state index < -0.39 is 11.7 Å². The van der Waals surface area contributed by atoms with Gasteiger partial charge in [-0.15, -0.1) is 0 Å². The topological polar surface area (TPSA) is 29.9 Å². The summed E-state index contributed by atoms with van der Waals surface area (Å²) in [4.78, 5) is 0. The molecule has 1 aliphatic heterocycles. The third-order valence-corrected chi connectivity index (χ3v) is 3.26. The number of rotatable bonds is 1. The van der Waals surface area contributed by atoms with E-state index in [2.05, 4.69) is 10.4 Å². The summed E-state index contributed by atoms with van der Waals surface area (Å²) >= 11 is 0. The number of nitrogens with one attached hydrogen (secondary N) is 1. The zero-order chi connectivity index (χ0) is 13.5. The van der Waals surface area contributed by atoms with E-state index in [0.717, 1.165) is 36.4 Å². The Morgan fingerprint density at radius 1 is 1.16 bits per heavy atom. The molecule has 1 N–H and O–H groups in total. The second-order valence-corrected chi connectivity index (χ2v) is 4.50. The molecule has 0 radical (unpaired) electrons. The fourth-order valence-corrected chi connectivity index (χ4v) is 2.25. The van der Waals surface area contributed by atoms with Crippen molar-refractivity contribution in [2.45, 2.75) is 19.1 Å². The van der Waals surface area contributed by atoms with Crippen LogP contribution in [0.4, 0.5) is 13.2 Å². The summed E-state index contributed by atoms with van der Waals surface area (Å²) in [5.41, 5.74) is 2.18. The molecule has 0 saturated heterocycles. The molecule has 2 aromatic rings. The van der Waals surface area contributed by atoms with Gasteiger partial charge < -0.3 is 5.32 Å². The molecule has 0 atom stereocenters. The summed E-state index contributed by atoms with van der Waals surface area (Å²) in [6, 6.07) is 5.06. The molecular weight excluding hydrogens is 255 g/mol. The van der Waals surface area contributed by atoms with E-state index in [0.29, 0.717) is 12.2 Å². The van der Waals surface area contributed by atoms with Crippen molar-refractivity contribution in [3.63, 3.8) is 0 Å². The molecule has 0 spiro atoms. The Labute approximate surface area is 108 Å². The molecule has 3 rings (SSSR count). The minimum Gasteiger partial charge on any atom is -0.311 e. The molecule has 0 aliphatic carbocycles. The lowest BCUT2D eigenvalue weighted by Crippen LogP contribution is -2.24. The van der Waals surface area contributed by atoms with Crippen molar-refractivity contribution in [2.75, 3.05) is 6.54 Å². The smallest absolute Gasteiger partial charge is 0.311 e. The molecular formula is C13H12F3N3. The molecule has 0 fully saturated rings. The first-order valence-corrected chi connectivity index (χ1v) is 6.00. The highest BCUT2D eigenvalue weighted by Gasteiger charge is 2.30. The van der Waals surface area contributed by atoms with Gasteiger partial charge in [-0.05, 0) is 42.8 Å². The first-order chi connectivity index (χ1) is 9.05. The SMILES string of the molecule is FC(F)(F)c1ccc(-n2ncc3c2CNCC3)cc1. The van der Waals surface area contributed by atoms with E-state index in [9.17, 15) is 13.2 Å². The monoisotopic (exact) mass is 267 g/mol. The Kier molecular flexibility index (Phi) is 2.82. The predicted octanol–water partition coefficient (Wildman–Crippen LogP) is 2.54. The van der Waals surface area contributed by atoms with Crippen LogP contribution in [0, 0.1) is 0 Å². The Morgan fingerprint density at radius 3 is 2.58 bits per heavy atom. The highest BCUT2D eigenvalue weighted by molar-refractivity contribution is 5.38.